The fourth-order valence-electron chi connectivity index (χ4n) is 0.479. The summed E-state index contributed by atoms with van der Waals surface area (Å²) in [6, 6.07) is 3.11. The molecule has 0 aromatic rings. The maximum Gasteiger partial charge on any atom is 0.0180 e. The van der Waals surface area contributed by atoms with Crippen molar-refractivity contribution >= 4 is 35.2 Å². The van der Waals surface area contributed by atoms with E-state index in [2.05, 4.69) is 0 Å². The highest BCUT2D eigenvalue weighted by Crippen LogP contribution is 1.96. The Bertz CT molecular complexity index is 26.5. The molecule has 0 amide bonds. The molecule has 7 heavy (non-hydrogen) atoms. The van der Waals surface area contributed by atoms with Gasteiger partial charge in [0.1, 0.15) is 0 Å². The molecule has 8 radical (unpaired) electrons. The van der Waals surface area contributed by atoms with E-state index in [0.717, 1.165) is 0 Å². The Morgan fingerprint density at radius 3 is 2.00 bits per heavy atom. The van der Waals surface area contributed by atoms with Crippen LogP contribution in [0.15, 0.2) is 0 Å². The summed E-state index contributed by atoms with van der Waals surface area (Å²) >= 11 is 0. The lowest BCUT2D eigenvalue weighted by Gasteiger charge is -1.84. The van der Waals surface area contributed by atoms with Gasteiger partial charge >= 0.3 is 0 Å². The molecule has 0 atom stereocenters. The number of rotatable bonds is 0. The van der Waals surface area contributed by atoms with E-state index in [1.54, 1.807) is 12.1 Å². The van der Waals surface area contributed by atoms with Crippen LogP contribution in [0.2, 0.25) is 12.1 Å². The molecule has 4 heteroatoms. The molecule has 1 aliphatic rings. The van der Waals surface area contributed by atoms with Crippen LogP contribution in [0.3, 0.4) is 0 Å². The smallest absolute Gasteiger partial charge is 0.0180 e. The molecular weight excluding hydrogens is 148 g/mol. The molecule has 1 saturated heterocycles. The number of hydrogen-bond acceptors (Lipinski definition) is 0. The highest BCUT2D eigenvalue weighted by Gasteiger charge is 1.98. The molecule has 0 nitrogen and oxygen atoms in total. The zero-order chi connectivity index (χ0) is 4.95. The fourth-order valence-corrected chi connectivity index (χ4v) is 12.9. The van der Waals surface area contributed by atoms with Crippen molar-refractivity contribution in [3.8, 4) is 0 Å². The molecule has 1 fully saturated rings. The van der Waals surface area contributed by atoms with E-state index >= 15 is 0 Å². The summed E-state index contributed by atoms with van der Waals surface area (Å²) in [6.07, 6.45) is 1.54. The Morgan fingerprint density at radius 1 is 0.857 bits per heavy atom. The molecule has 0 aromatic carbocycles. The van der Waals surface area contributed by atoms with Gasteiger partial charge in [0.25, 0.3) is 0 Å². The second kappa shape index (κ2) is 3.82. The summed E-state index contributed by atoms with van der Waals surface area (Å²) in [5.74, 6) is 0. The Hall–Kier alpha value is 0.868. The van der Waals surface area contributed by atoms with Crippen molar-refractivity contribution in [2.45, 2.75) is 18.5 Å². The minimum absolute atomic E-state index is 1.34. The summed E-state index contributed by atoms with van der Waals surface area (Å²) < 4.78 is 0. The first-order valence-electron chi connectivity index (χ1n) is 2.46. The maximum atomic E-state index is 1.55. The fraction of sp³-hybridized carbons (Fsp3) is 1.00. The third-order valence-electron chi connectivity index (χ3n) is 0.843. The van der Waals surface area contributed by atoms with E-state index in [0.29, 0.717) is 0 Å². The molecule has 0 saturated carbocycles. The van der Waals surface area contributed by atoms with Gasteiger partial charge in [-0.2, -0.15) is 0 Å². The van der Waals surface area contributed by atoms with Gasteiger partial charge in [0.15, 0.2) is 0 Å². The van der Waals surface area contributed by atoms with E-state index in [-0.39, 0.29) is 0 Å². The summed E-state index contributed by atoms with van der Waals surface area (Å²) in [6.45, 7) is 0. The van der Waals surface area contributed by atoms with Crippen molar-refractivity contribution in [3.63, 3.8) is 0 Å². The Morgan fingerprint density at radius 2 is 1.43 bits per heavy atom. The van der Waals surface area contributed by atoms with Crippen LogP contribution in [0.5, 0.6) is 0 Å². The third kappa shape index (κ3) is 2.63. The van der Waals surface area contributed by atoms with Crippen LogP contribution in [-0.2, 0) is 0 Å². The zero-order valence-electron chi connectivity index (χ0n) is 4.12. The molecule has 0 aliphatic carbocycles. The quantitative estimate of drug-likeness (QED) is 0.424. The largest absolute Gasteiger partial charge is 0.0643 e. The van der Waals surface area contributed by atoms with E-state index in [9.17, 15) is 0 Å². The molecule has 0 spiro atoms. The molecule has 0 bridgehead atoms. The number of hydrogen-bond donors (Lipinski definition) is 0. The summed E-state index contributed by atoms with van der Waals surface area (Å²) in [5, 5.41) is 0. The van der Waals surface area contributed by atoms with Gasteiger partial charge in [-0.15, -0.1) is 0 Å². The minimum Gasteiger partial charge on any atom is -0.0643 e. The third-order valence-corrected chi connectivity index (χ3v) is 13.1. The first kappa shape index (κ1) is 5.99. The van der Waals surface area contributed by atoms with Gasteiger partial charge in [0.2, 0.25) is 0 Å². The van der Waals surface area contributed by atoms with Crippen molar-refractivity contribution in [2.24, 2.45) is 0 Å². The van der Waals surface area contributed by atoms with Crippen LogP contribution < -0.4 is 0 Å². The van der Waals surface area contributed by atoms with Gasteiger partial charge in [-0.25, -0.2) is 0 Å². The van der Waals surface area contributed by atoms with Crippen molar-refractivity contribution in [3.05, 3.63) is 0 Å². The molecule has 1 aliphatic heterocycles. The van der Waals surface area contributed by atoms with Crippen LogP contribution in [-0.4, -0.2) is 35.2 Å². The monoisotopic (exact) mass is 154 g/mol. The van der Waals surface area contributed by atoms with Gasteiger partial charge in [0, 0.05) is 35.2 Å². The normalized spacial score (nSPS) is 24.0. The van der Waals surface area contributed by atoms with Crippen LogP contribution in [0.1, 0.15) is 6.42 Å². The van der Waals surface area contributed by atoms with Gasteiger partial charge in [-0.3, -0.25) is 0 Å². The van der Waals surface area contributed by atoms with Crippen molar-refractivity contribution in [1.82, 2.24) is 0 Å². The summed E-state index contributed by atoms with van der Waals surface area (Å²) in [7, 11) is 5.41. The Balaban J connectivity index is 2.04. The summed E-state index contributed by atoms with van der Waals surface area (Å²) in [4.78, 5) is 0. The standard InChI is InChI=1S/C3H6Si4/c1-2-4-6-7-5-3-1/h1-3H2. The maximum absolute atomic E-state index is 1.55. The highest BCUT2D eigenvalue weighted by molar-refractivity contribution is 7.44. The highest BCUT2D eigenvalue weighted by atomic mass is 29.7. The van der Waals surface area contributed by atoms with Crippen LogP contribution in [0.4, 0.5) is 0 Å². The minimum atomic E-state index is 1.34. The predicted octanol–water partition coefficient (Wildman–Crippen LogP) is -0.212. The van der Waals surface area contributed by atoms with E-state index in [1.807, 2.05) is 0 Å². The molecule has 0 aromatic heterocycles. The first-order valence-corrected chi connectivity index (χ1v) is 9.87. The van der Waals surface area contributed by atoms with E-state index in [4.69, 9.17) is 0 Å². The second-order valence-electron chi connectivity index (χ2n) is 1.46. The van der Waals surface area contributed by atoms with Crippen molar-refractivity contribution in [1.29, 1.82) is 0 Å². The lowest BCUT2D eigenvalue weighted by molar-refractivity contribution is 1.07. The molecule has 1 rings (SSSR count). The summed E-state index contributed by atoms with van der Waals surface area (Å²) in [5.41, 5.74) is 0. The molecule has 0 N–H and O–H groups in total. The molecular formula is C3H6Si4. The zero-order valence-corrected chi connectivity index (χ0v) is 8.12. The molecule has 0 unspecified atom stereocenters. The lowest BCUT2D eigenvalue weighted by Crippen LogP contribution is -2.13. The van der Waals surface area contributed by atoms with E-state index < -0.39 is 0 Å². The van der Waals surface area contributed by atoms with Gasteiger partial charge < -0.3 is 0 Å². The Kier molecular flexibility index (Phi) is 3.27. The second-order valence-corrected chi connectivity index (χ2v) is 11.8. The van der Waals surface area contributed by atoms with Crippen LogP contribution in [0, 0.1) is 0 Å². The SMILES string of the molecule is C1C[Si][Si][Si][Si]C1. The Labute approximate surface area is 54.1 Å². The van der Waals surface area contributed by atoms with Gasteiger partial charge in [0.05, 0.1) is 0 Å². The topological polar surface area (TPSA) is 0 Å². The van der Waals surface area contributed by atoms with Gasteiger partial charge in [-0.05, 0) is 0 Å². The van der Waals surface area contributed by atoms with Gasteiger partial charge in [-0.1, -0.05) is 18.5 Å². The van der Waals surface area contributed by atoms with Crippen molar-refractivity contribution < 1.29 is 0 Å². The predicted molar refractivity (Wildman–Crippen MR) is 37.2 cm³/mol. The molecule has 34 valence electrons. The lowest BCUT2D eigenvalue weighted by atomic mass is 10.6. The molecule has 1 heterocycles. The van der Waals surface area contributed by atoms with Crippen molar-refractivity contribution in [2.75, 3.05) is 0 Å². The first-order chi connectivity index (χ1) is 3.50. The van der Waals surface area contributed by atoms with E-state index in [1.165, 1.54) is 41.6 Å². The average Bonchev–Trinajstić information content (AvgIpc) is 1.90. The average molecular weight is 154 g/mol. The van der Waals surface area contributed by atoms with Crippen LogP contribution in [0.25, 0.3) is 0 Å². The van der Waals surface area contributed by atoms with Crippen LogP contribution >= 0.6 is 0 Å².